The van der Waals surface area contributed by atoms with E-state index in [4.69, 9.17) is 16.6 Å². The van der Waals surface area contributed by atoms with Crippen LogP contribution in [0.5, 0.6) is 0 Å². The van der Waals surface area contributed by atoms with Crippen molar-refractivity contribution in [1.82, 2.24) is 0 Å². The SMILES string of the molecule is C#Cc1ccc(C(=O)N(C)c2cc(C(=O)O)cc(C(=O)O)c2)c(C=O)c1. The highest BCUT2D eigenvalue weighted by Gasteiger charge is 2.20. The normalized spacial score (nSPS) is 9.85. The Morgan fingerprint density at radius 1 is 1.04 bits per heavy atom. The molecule has 0 unspecified atom stereocenters. The quantitative estimate of drug-likeness (QED) is 0.630. The largest absolute Gasteiger partial charge is 0.478 e. The van der Waals surface area contributed by atoms with E-state index in [0.717, 1.165) is 11.0 Å². The van der Waals surface area contributed by atoms with Crippen LogP contribution in [0, 0.1) is 12.3 Å². The molecule has 2 rings (SSSR count). The van der Waals surface area contributed by atoms with Gasteiger partial charge in [0.15, 0.2) is 6.29 Å². The molecule has 26 heavy (non-hydrogen) atoms. The van der Waals surface area contributed by atoms with Crippen molar-refractivity contribution >= 4 is 29.8 Å². The maximum Gasteiger partial charge on any atom is 0.335 e. The lowest BCUT2D eigenvalue weighted by Gasteiger charge is -2.19. The van der Waals surface area contributed by atoms with Gasteiger partial charge in [-0.05, 0) is 36.4 Å². The molecule has 0 aromatic heterocycles. The molecule has 0 aliphatic rings. The summed E-state index contributed by atoms with van der Waals surface area (Å²) in [5.41, 5.74) is 0.0532. The fourth-order valence-corrected chi connectivity index (χ4v) is 2.29. The second-order valence-electron chi connectivity index (χ2n) is 5.31. The van der Waals surface area contributed by atoms with Crippen LogP contribution in [0.4, 0.5) is 5.69 Å². The number of terminal acetylenes is 1. The first-order valence-corrected chi connectivity index (χ1v) is 7.24. The van der Waals surface area contributed by atoms with Gasteiger partial charge in [-0.25, -0.2) is 9.59 Å². The number of aldehydes is 1. The van der Waals surface area contributed by atoms with Gasteiger partial charge in [-0.15, -0.1) is 6.42 Å². The number of aromatic carboxylic acids is 2. The van der Waals surface area contributed by atoms with Crippen molar-refractivity contribution in [3.05, 3.63) is 64.2 Å². The van der Waals surface area contributed by atoms with Crippen LogP contribution in [-0.2, 0) is 0 Å². The molecule has 0 spiro atoms. The number of amides is 1. The second-order valence-corrected chi connectivity index (χ2v) is 5.31. The average molecular weight is 351 g/mol. The predicted octanol–water partition coefficient (Wildman–Crippen LogP) is 2.15. The third kappa shape index (κ3) is 3.60. The topological polar surface area (TPSA) is 112 Å². The first-order chi connectivity index (χ1) is 12.3. The highest BCUT2D eigenvalue weighted by Crippen LogP contribution is 2.22. The lowest BCUT2D eigenvalue weighted by atomic mass is 10.0. The lowest BCUT2D eigenvalue weighted by molar-refractivity contribution is 0.0696. The minimum Gasteiger partial charge on any atom is -0.478 e. The summed E-state index contributed by atoms with van der Waals surface area (Å²) in [5, 5.41) is 18.3. The van der Waals surface area contributed by atoms with Crippen molar-refractivity contribution in [3.8, 4) is 12.3 Å². The lowest BCUT2D eigenvalue weighted by Crippen LogP contribution is -2.27. The molecule has 0 bridgehead atoms. The van der Waals surface area contributed by atoms with Gasteiger partial charge in [0.25, 0.3) is 5.91 Å². The summed E-state index contributed by atoms with van der Waals surface area (Å²) in [5.74, 6) is -0.925. The van der Waals surface area contributed by atoms with Gasteiger partial charge in [0.2, 0.25) is 0 Å². The highest BCUT2D eigenvalue weighted by atomic mass is 16.4. The van der Waals surface area contributed by atoms with Gasteiger partial charge in [0.1, 0.15) is 0 Å². The second kappa shape index (κ2) is 7.32. The first kappa shape index (κ1) is 18.4. The van der Waals surface area contributed by atoms with Gasteiger partial charge >= 0.3 is 11.9 Å². The van der Waals surface area contributed by atoms with Crippen molar-refractivity contribution in [2.45, 2.75) is 0 Å². The summed E-state index contributed by atoms with van der Waals surface area (Å²) in [4.78, 5) is 47.4. The van der Waals surface area contributed by atoms with Gasteiger partial charge in [0, 0.05) is 23.9 Å². The molecule has 0 radical (unpaired) electrons. The smallest absolute Gasteiger partial charge is 0.335 e. The first-order valence-electron chi connectivity index (χ1n) is 7.24. The number of hydrogen-bond donors (Lipinski definition) is 2. The number of hydrogen-bond acceptors (Lipinski definition) is 4. The molecule has 7 nitrogen and oxygen atoms in total. The molecule has 2 aromatic carbocycles. The molecule has 7 heteroatoms. The Morgan fingerprint density at radius 2 is 1.62 bits per heavy atom. The predicted molar refractivity (Wildman–Crippen MR) is 92.9 cm³/mol. The number of benzene rings is 2. The molecule has 0 saturated heterocycles. The third-order valence-corrected chi connectivity index (χ3v) is 3.68. The Bertz CT molecular complexity index is 938. The monoisotopic (exact) mass is 351 g/mol. The van der Waals surface area contributed by atoms with Crippen LogP contribution in [0.2, 0.25) is 0 Å². The van der Waals surface area contributed by atoms with Crippen LogP contribution in [0.15, 0.2) is 36.4 Å². The molecule has 0 heterocycles. The molecule has 0 fully saturated rings. The zero-order chi connectivity index (χ0) is 19.4. The fraction of sp³-hybridized carbons (Fsp3) is 0.0526. The Morgan fingerprint density at radius 3 is 2.08 bits per heavy atom. The standard InChI is InChI=1S/C19H13NO6/c1-3-11-4-5-16(14(6-11)10-21)17(22)20(2)15-8-12(18(23)24)7-13(9-15)19(25)26/h1,4-10H,2H3,(H,23,24)(H,25,26). The van der Waals surface area contributed by atoms with E-state index in [1.54, 1.807) is 0 Å². The van der Waals surface area contributed by atoms with Crippen LogP contribution < -0.4 is 4.90 Å². The Hall–Kier alpha value is -3.92. The molecule has 0 atom stereocenters. The zero-order valence-electron chi connectivity index (χ0n) is 13.6. The van der Waals surface area contributed by atoms with Crippen LogP contribution in [-0.4, -0.2) is 41.4 Å². The van der Waals surface area contributed by atoms with Crippen molar-refractivity contribution in [3.63, 3.8) is 0 Å². The Labute approximate surface area is 148 Å². The van der Waals surface area contributed by atoms with E-state index in [0.29, 0.717) is 11.8 Å². The van der Waals surface area contributed by atoms with Gasteiger partial charge in [-0.2, -0.15) is 0 Å². The minimum atomic E-state index is -1.33. The van der Waals surface area contributed by atoms with Gasteiger partial charge in [-0.3, -0.25) is 9.59 Å². The van der Waals surface area contributed by atoms with Crippen LogP contribution in [0.3, 0.4) is 0 Å². The van der Waals surface area contributed by atoms with E-state index >= 15 is 0 Å². The van der Waals surface area contributed by atoms with Crippen LogP contribution in [0.1, 0.15) is 47.0 Å². The molecular weight excluding hydrogens is 338 g/mol. The number of carboxylic acid groups (broad SMARTS) is 2. The maximum atomic E-state index is 12.7. The van der Waals surface area contributed by atoms with Crippen molar-refractivity contribution in [1.29, 1.82) is 0 Å². The highest BCUT2D eigenvalue weighted by molar-refractivity contribution is 6.10. The average Bonchev–Trinajstić information content (AvgIpc) is 2.65. The summed E-state index contributed by atoms with van der Waals surface area (Å²) in [6, 6.07) is 7.59. The van der Waals surface area contributed by atoms with E-state index in [1.165, 1.54) is 37.4 Å². The number of nitrogens with zero attached hydrogens (tertiary/aromatic N) is 1. The molecule has 0 aliphatic heterocycles. The molecule has 0 aliphatic carbocycles. The number of carbonyl (C=O) groups excluding carboxylic acids is 2. The van der Waals surface area contributed by atoms with E-state index in [-0.39, 0.29) is 27.9 Å². The van der Waals surface area contributed by atoms with Crippen molar-refractivity contribution < 1.29 is 29.4 Å². The van der Waals surface area contributed by atoms with Crippen LogP contribution in [0.25, 0.3) is 0 Å². The van der Waals surface area contributed by atoms with Crippen molar-refractivity contribution in [2.75, 3.05) is 11.9 Å². The molecular formula is C19H13NO6. The number of rotatable bonds is 5. The summed E-state index contributed by atoms with van der Waals surface area (Å²) in [6.07, 6.45) is 5.75. The summed E-state index contributed by atoms with van der Waals surface area (Å²) in [7, 11) is 1.35. The number of anilines is 1. The summed E-state index contributed by atoms with van der Waals surface area (Å²) >= 11 is 0. The van der Waals surface area contributed by atoms with Gasteiger partial charge in [0.05, 0.1) is 16.7 Å². The van der Waals surface area contributed by atoms with Gasteiger partial charge in [-0.1, -0.05) is 5.92 Å². The molecule has 1 amide bonds. The molecule has 130 valence electrons. The summed E-state index contributed by atoms with van der Waals surface area (Å²) < 4.78 is 0. The van der Waals surface area contributed by atoms with E-state index < -0.39 is 17.8 Å². The molecule has 0 saturated carbocycles. The number of carboxylic acids is 2. The molecule has 2 aromatic rings. The van der Waals surface area contributed by atoms with Crippen LogP contribution >= 0.6 is 0 Å². The van der Waals surface area contributed by atoms with Crippen molar-refractivity contribution in [2.24, 2.45) is 0 Å². The minimum absolute atomic E-state index is 0.0547. The van der Waals surface area contributed by atoms with E-state index in [1.807, 2.05) is 0 Å². The Balaban J connectivity index is 2.52. The Kier molecular flexibility index (Phi) is 5.18. The molecule has 2 N–H and O–H groups in total. The van der Waals surface area contributed by atoms with Gasteiger partial charge < -0.3 is 15.1 Å². The third-order valence-electron chi connectivity index (χ3n) is 3.68. The maximum absolute atomic E-state index is 12.7. The fourth-order valence-electron chi connectivity index (χ4n) is 2.29. The van der Waals surface area contributed by atoms with E-state index in [2.05, 4.69) is 5.92 Å². The summed E-state index contributed by atoms with van der Waals surface area (Å²) in [6.45, 7) is 0. The zero-order valence-corrected chi connectivity index (χ0v) is 13.6. The number of carbonyl (C=O) groups is 4. The van der Waals surface area contributed by atoms with E-state index in [9.17, 15) is 19.2 Å².